The van der Waals surface area contributed by atoms with Crippen LogP contribution in [0.25, 0.3) is 0 Å². The van der Waals surface area contributed by atoms with Crippen LogP contribution in [0.3, 0.4) is 0 Å². The topological polar surface area (TPSA) is 74.0 Å². The minimum absolute atomic E-state index is 0.0274. The van der Waals surface area contributed by atoms with Gasteiger partial charge in [0, 0.05) is 32.2 Å². The second-order valence-electron chi connectivity index (χ2n) is 6.56. The highest BCUT2D eigenvalue weighted by Crippen LogP contribution is 2.33. The van der Waals surface area contributed by atoms with E-state index in [1.807, 2.05) is 23.1 Å². The summed E-state index contributed by atoms with van der Waals surface area (Å²) in [5.74, 6) is 1.71. The van der Waals surface area contributed by atoms with Crippen molar-refractivity contribution in [3.8, 4) is 11.5 Å². The molecule has 1 fully saturated rings. The van der Waals surface area contributed by atoms with Gasteiger partial charge in [-0.3, -0.25) is 4.79 Å². The Bertz CT molecular complexity index is 578. The molecule has 1 aliphatic carbocycles. The Morgan fingerprint density at radius 2 is 2.17 bits per heavy atom. The Morgan fingerprint density at radius 3 is 2.96 bits per heavy atom. The normalized spacial score (nSPS) is 22.4. The molecule has 2 aliphatic rings. The van der Waals surface area contributed by atoms with Gasteiger partial charge >= 0.3 is 0 Å². The van der Waals surface area contributed by atoms with Crippen molar-refractivity contribution in [1.29, 1.82) is 0 Å². The average Bonchev–Trinajstić information content (AvgIpc) is 3.05. The monoisotopic (exact) mass is 334 g/mol. The van der Waals surface area contributed by atoms with Gasteiger partial charge in [-0.25, -0.2) is 0 Å². The summed E-state index contributed by atoms with van der Waals surface area (Å²) in [7, 11) is 1.65. The number of amides is 1. The standard InChI is InChI=1S/C18H26N2O4/c1-22-8-7-20(18(21)14-3-2-4-15(19)10-14)11-13-5-6-16-17(9-13)24-12-23-16/h5-6,9,14-15H,2-4,7-8,10-12,19H2,1H3. The van der Waals surface area contributed by atoms with Crippen molar-refractivity contribution >= 4 is 5.91 Å². The van der Waals surface area contributed by atoms with Crippen LogP contribution in [0.1, 0.15) is 31.2 Å². The number of hydrogen-bond donors (Lipinski definition) is 1. The fraction of sp³-hybridized carbons (Fsp3) is 0.611. The van der Waals surface area contributed by atoms with E-state index in [9.17, 15) is 4.79 Å². The van der Waals surface area contributed by atoms with Crippen LogP contribution in [0.2, 0.25) is 0 Å². The van der Waals surface area contributed by atoms with Gasteiger partial charge in [-0.15, -0.1) is 0 Å². The van der Waals surface area contributed by atoms with E-state index in [0.717, 1.165) is 42.7 Å². The van der Waals surface area contributed by atoms with Crippen molar-refractivity contribution in [3.63, 3.8) is 0 Å². The molecule has 2 unspecified atom stereocenters. The third-order valence-electron chi connectivity index (χ3n) is 4.75. The van der Waals surface area contributed by atoms with Gasteiger partial charge in [-0.2, -0.15) is 0 Å². The van der Waals surface area contributed by atoms with Crippen molar-refractivity contribution in [2.45, 2.75) is 38.3 Å². The maximum atomic E-state index is 12.9. The van der Waals surface area contributed by atoms with Gasteiger partial charge in [0.25, 0.3) is 0 Å². The van der Waals surface area contributed by atoms with Gasteiger partial charge in [0.15, 0.2) is 11.5 Å². The number of carbonyl (C=O) groups excluding carboxylic acids is 1. The lowest BCUT2D eigenvalue weighted by Crippen LogP contribution is -2.41. The van der Waals surface area contributed by atoms with E-state index in [1.54, 1.807) is 7.11 Å². The molecule has 0 spiro atoms. The van der Waals surface area contributed by atoms with Crippen LogP contribution in [-0.4, -0.2) is 43.9 Å². The molecule has 3 rings (SSSR count). The molecule has 132 valence electrons. The summed E-state index contributed by atoms with van der Waals surface area (Å²) in [4.78, 5) is 14.8. The van der Waals surface area contributed by atoms with Crippen LogP contribution in [0.5, 0.6) is 11.5 Å². The average molecular weight is 334 g/mol. The Kier molecular flexibility index (Phi) is 5.58. The predicted molar refractivity (Wildman–Crippen MR) is 89.8 cm³/mol. The molecule has 1 saturated carbocycles. The third kappa shape index (κ3) is 3.99. The fourth-order valence-electron chi connectivity index (χ4n) is 3.44. The predicted octanol–water partition coefficient (Wildman–Crippen LogP) is 1.91. The molecule has 1 aromatic rings. The third-order valence-corrected chi connectivity index (χ3v) is 4.75. The molecule has 1 heterocycles. The summed E-state index contributed by atoms with van der Waals surface area (Å²) in [5, 5.41) is 0. The zero-order chi connectivity index (χ0) is 16.9. The van der Waals surface area contributed by atoms with Crippen LogP contribution in [0, 0.1) is 5.92 Å². The zero-order valence-corrected chi connectivity index (χ0v) is 14.2. The molecule has 0 radical (unpaired) electrons. The molecule has 1 aliphatic heterocycles. The van der Waals surface area contributed by atoms with Gasteiger partial charge < -0.3 is 24.8 Å². The summed E-state index contributed by atoms with van der Waals surface area (Å²) < 4.78 is 15.9. The Balaban J connectivity index is 1.69. The van der Waals surface area contributed by atoms with E-state index in [4.69, 9.17) is 19.9 Å². The largest absolute Gasteiger partial charge is 0.454 e. The minimum atomic E-state index is 0.0274. The summed E-state index contributed by atoms with van der Waals surface area (Å²) in [5.41, 5.74) is 7.08. The van der Waals surface area contributed by atoms with Crippen molar-refractivity contribution in [2.24, 2.45) is 11.7 Å². The number of methoxy groups -OCH3 is 1. The molecular weight excluding hydrogens is 308 g/mol. The van der Waals surface area contributed by atoms with Gasteiger partial charge in [0.05, 0.1) is 6.61 Å². The van der Waals surface area contributed by atoms with Crippen LogP contribution >= 0.6 is 0 Å². The first-order valence-corrected chi connectivity index (χ1v) is 8.59. The van der Waals surface area contributed by atoms with Gasteiger partial charge in [0.1, 0.15) is 0 Å². The van der Waals surface area contributed by atoms with Crippen molar-refractivity contribution < 1.29 is 19.0 Å². The number of benzene rings is 1. The highest BCUT2D eigenvalue weighted by molar-refractivity contribution is 5.79. The summed E-state index contributed by atoms with van der Waals surface area (Å²) in [6.45, 7) is 1.90. The number of nitrogens with two attached hydrogens (primary N) is 1. The van der Waals surface area contributed by atoms with Gasteiger partial charge in [0.2, 0.25) is 12.7 Å². The Labute approximate surface area is 142 Å². The fourth-order valence-corrected chi connectivity index (χ4v) is 3.44. The highest BCUT2D eigenvalue weighted by atomic mass is 16.7. The first-order valence-electron chi connectivity index (χ1n) is 8.59. The van der Waals surface area contributed by atoms with Crippen molar-refractivity contribution in [1.82, 2.24) is 4.90 Å². The van der Waals surface area contributed by atoms with Crippen molar-refractivity contribution in [3.05, 3.63) is 23.8 Å². The molecule has 0 bridgehead atoms. The molecule has 2 atom stereocenters. The van der Waals surface area contributed by atoms with E-state index in [1.165, 1.54) is 0 Å². The number of ether oxygens (including phenoxy) is 3. The SMILES string of the molecule is COCCN(Cc1ccc2c(c1)OCO2)C(=O)C1CCCC(N)C1. The van der Waals surface area contributed by atoms with E-state index in [0.29, 0.717) is 19.7 Å². The summed E-state index contributed by atoms with van der Waals surface area (Å²) in [6, 6.07) is 5.96. The number of rotatable bonds is 6. The quantitative estimate of drug-likeness (QED) is 0.860. The number of nitrogens with zero attached hydrogens (tertiary/aromatic N) is 1. The van der Waals surface area contributed by atoms with Crippen molar-refractivity contribution in [2.75, 3.05) is 27.1 Å². The minimum Gasteiger partial charge on any atom is -0.454 e. The highest BCUT2D eigenvalue weighted by Gasteiger charge is 2.29. The Morgan fingerprint density at radius 1 is 1.33 bits per heavy atom. The second kappa shape index (κ2) is 7.85. The maximum absolute atomic E-state index is 12.9. The molecule has 0 aromatic heterocycles. The van der Waals surface area contributed by atoms with Crippen LogP contribution in [0.15, 0.2) is 18.2 Å². The van der Waals surface area contributed by atoms with Crippen LogP contribution < -0.4 is 15.2 Å². The molecule has 6 heteroatoms. The lowest BCUT2D eigenvalue weighted by molar-refractivity contribution is -0.138. The molecule has 2 N–H and O–H groups in total. The molecule has 1 amide bonds. The van der Waals surface area contributed by atoms with E-state index >= 15 is 0 Å². The summed E-state index contributed by atoms with van der Waals surface area (Å²) >= 11 is 0. The molecule has 0 saturated heterocycles. The van der Waals surface area contributed by atoms with E-state index in [-0.39, 0.29) is 24.7 Å². The van der Waals surface area contributed by atoms with E-state index < -0.39 is 0 Å². The smallest absolute Gasteiger partial charge is 0.231 e. The second-order valence-corrected chi connectivity index (χ2v) is 6.56. The van der Waals surface area contributed by atoms with Crippen LogP contribution in [0.4, 0.5) is 0 Å². The zero-order valence-electron chi connectivity index (χ0n) is 14.2. The lowest BCUT2D eigenvalue weighted by Gasteiger charge is -2.31. The number of hydrogen-bond acceptors (Lipinski definition) is 5. The Hall–Kier alpha value is -1.79. The molecule has 6 nitrogen and oxygen atoms in total. The lowest BCUT2D eigenvalue weighted by atomic mass is 9.85. The van der Waals surface area contributed by atoms with Gasteiger partial charge in [-0.1, -0.05) is 12.5 Å². The first-order chi connectivity index (χ1) is 11.7. The number of fused-ring (bicyclic) bond motifs is 1. The van der Waals surface area contributed by atoms with E-state index in [2.05, 4.69) is 0 Å². The molecular formula is C18H26N2O4. The molecule has 1 aromatic carbocycles. The first kappa shape index (κ1) is 17.0. The summed E-state index contributed by atoms with van der Waals surface area (Å²) in [6.07, 6.45) is 3.75. The number of carbonyl (C=O) groups is 1. The maximum Gasteiger partial charge on any atom is 0.231 e. The molecule has 24 heavy (non-hydrogen) atoms. The van der Waals surface area contributed by atoms with Crippen LogP contribution in [-0.2, 0) is 16.1 Å². The van der Waals surface area contributed by atoms with Gasteiger partial charge in [-0.05, 0) is 37.0 Å².